The summed E-state index contributed by atoms with van der Waals surface area (Å²) in [5.74, 6) is -1.08. The van der Waals surface area contributed by atoms with E-state index in [4.69, 9.17) is 9.84 Å². The third kappa shape index (κ3) is 6.75. The van der Waals surface area contributed by atoms with E-state index in [1.54, 1.807) is 48.5 Å². The van der Waals surface area contributed by atoms with E-state index in [9.17, 15) is 14.4 Å². The number of carbonyl (C=O) groups excluding carboxylic acids is 2. The van der Waals surface area contributed by atoms with Crippen molar-refractivity contribution in [2.24, 2.45) is 5.92 Å². The average Bonchev–Trinajstić information content (AvgIpc) is 2.65. The van der Waals surface area contributed by atoms with Gasteiger partial charge in [0.05, 0.1) is 0 Å². The number of aliphatic carboxylic acids is 1. The highest BCUT2D eigenvalue weighted by Crippen LogP contribution is 2.19. The van der Waals surface area contributed by atoms with Crippen molar-refractivity contribution in [3.05, 3.63) is 60.2 Å². The molecule has 2 amide bonds. The number of carbonyl (C=O) groups is 3. The van der Waals surface area contributed by atoms with Gasteiger partial charge in [0.1, 0.15) is 11.8 Å². The number of carboxylic acids is 1. The average molecular weight is 384 g/mol. The molecule has 28 heavy (non-hydrogen) atoms. The predicted molar refractivity (Wildman–Crippen MR) is 105 cm³/mol. The molecular weight excluding hydrogens is 360 g/mol. The van der Waals surface area contributed by atoms with Crippen molar-refractivity contribution in [1.82, 2.24) is 5.32 Å². The zero-order valence-electron chi connectivity index (χ0n) is 15.8. The maximum atomic E-state index is 12.8. The second kappa shape index (κ2) is 10.1. The van der Waals surface area contributed by atoms with Gasteiger partial charge in [0.2, 0.25) is 5.91 Å². The van der Waals surface area contributed by atoms with Crippen LogP contribution in [0, 0.1) is 5.92 Å². The van der Waals surface area contributed by atoms with Crippen molar-refractivity contribution in [1.29, 1.82) is 0 Å². The molecule has 0 radical (unpaired) electrons. The van der Waals surface area contributed by atoms with Gasteiger partial charge in [0.25, 0.3) is 5.91 Å². The van der Waals surface area contributed by atoms with Crippen LogP contribution in [0.25, 0.3) is 0 Å². The van der Waals surface area contributed by atoms with Crippen molar-refractivity contribution in [3.8, 4) is 5.75 Å². The minimum atomic E-state index is -1.07. The van der Waals surface area contributed by atoms with Crippen LogP contribution in [0.5, 0.6) is 5.75 Å². The van der Waals surface area contributed by atoms with E-state index < -0.39 is 18.6 Å². The van der Waals surface area contributed by atoms with Crippen LogP contribution in [-0.4, -0.2) is 29.5 Å². The number of carboxylic acid groups (broad SMARTS) is 1. The monoisotopic (exact) mass is 384 g/mol. The third-order valence-corrected chi connectivity index (χ3v) is 3.78. The van der Waals surface area contributed by atoms with Gasteiger partial charge in [-0.3, -0.25) is 9.59 Å². The number of hydrogen-bond acceptors (Lipinski definition) is 4. The fourth-order valence-electron chi connectivity index (χ4n) is 2.53. The molecule has 148 valence electrons. The summed E-state index contributed by atoms with van der Waals surface area (Å²) in [6.07, 6.45) is 0.326. The lowest BCUT2D eigenvalue weighted by Gasteiger charge is -2.19. The van der Waals surface area contributed by atoms with Crippen LogP contribution in [0.15, 0.2) is 54.6 Å². The van der Waals surface area contributed by atoms with Crippen LogP contribution in [-0.2, 0) is 14.4 Å². The lowest BCUT2D eigenvalue weighted by atomic mass is 10.0. The molecule has 2 aromatic rings. The quantitative estimate of drug-likeness (QED) is 0.616. The molecule has 0 bridgehead atoms. The number of nitrogens with one attached hydrogen (secondary N) is 2. The van der Waals surface area contributed by atoms with Crippen LogP contribution in [0.1, 0.15) is 31.9 Å². The summed E-state index contributed by atoms with van der Waals surface area (Å²) >= 11 is 0. The summed E-state index contributed by atoms with van der Waals surface area (Å²) in [5.41, 5.74) is 1.19. The van der Waals surface area contributed by atoms with Crippen LogP contribution < -0.4 is 15.4 Å². The zero-order chi connectivity index (χ0) is 20.5. The van der Waals surface area contributed by atoms with Crippen molar-refractivity contribution in [2.45, 2.75) is 26.3 Å². The molecule has 7 nitrogen and oxygen atoms in total. The van der Waals surface area contributed by atoms with Crippen LogP contribution in [0.3, 0.4) is 0 Å². The zero-order valence-corrected chi connectivity index (χ0v) is 15.8. The maximum absolute atomic E-state index is 12.8. The Bertz CT molecular complexity index is 803. The standard InChI is InChI=1S/C21H24N2O5/c1-14(2)12-18(24)23-20(15-6-4-3-5-7-15)21(27)22-16-8-10-17(11-9-16)28-13-19(25)26/h3-11,14,20H,12-13H2,1-2H3,(H,22,27)(H,23,24)(H,25,26). The van der Waals surface area contributed by atoms with E-state index in [-0.39, 0.29) is 17.7 Å². The van der Waals surface area contributed by atoms with Gasteiger partial charge < -0.3 is 20.5 Å². The highest BCUT2D eigenvalue weighted by molar-refractivity contribution is 5.97. The van der Waals surface area contributed by atoms with Gasteiger partial charge in [0, 0.05) is 12.1 Å². The summed E-state index contributed by atoms with van der Waals surface area (Å²) in [4.78, 5) is 35.5. The number of anilines is 1. The molecule has 7 heteroatoms. The second-order valence-electron chi connectivity index (χ2n) is 6.71. The SMILES string of the molecule is CC(C)CC(=O)NC(C(=O)Nc1ccc(OCC(=O)O)cc1)c1ccccc1. The first-order valence-electron chi connectivity index (χ1n) is 8.95. The number of hydrogen-bond donors (Lipinski definition) is 3. The minimum absolute atomic E-state index is 0.179. The van der Waals surface area contributed by atoms with Gasteiger partial charge in [-0.1, -0.05) is 44.2 Å². The Balaban J connectivity index is 2.09. The van der Waals surface area contributed by atoms with Gasteiger partial charge in [-0.25, -0.2) is 4.79 Å². The van der Waals surface area contributed by atoms with E-state index in [2.05, 4.69) is 10.6 Å². The number of rotatable bonds is 9. The Morgan fingerprint density at radius 3 is 2.21 bits per heavy atom. The Morgan fingerprint density at radius 2 is 1.64 bits per heavy atom. The van der Waals surface area contributed by atoms with Crippen LogP contribution in [0.4, 0.5) is 5.69 Å². The minimum Gasteiger partial charge on any atom is -0.482 e. The molecule has 3 N–H and O–H groups in total. The summed E-state index contributed by atoms with van der Waals surface area (Å²) in [5, 5.41) is 14.2. The first kappa shape index (κ1) is 21.0. The fraction of sp³-hybridized carbons (Fsp3) is 0.286. The Hall–Kier alpha value is -3.35. The lowest BCUT2D eigenvalue weighted by Crippen LogP contribution is -2.37. The Morgan fingerprint density at radius 1 is 1.00 bits per heavy atom. The largest absolute Gasteiger partial charge is 0.482 e. The van der Waals surface area contributed by atoms with Gasteiger partial charge in [-0.2, -0.15) is 0 Å². The molecule has 0 aliphatic rings. The van der Waals surface area contributed by atoms with Crippen molar-refractivity contribution < 1.29 is 24.2 Å². The third-order valence-electron chi connectivity index (χ3n) is 3.78. The van der Waals surface area contributed by atoms with Crippen LogP contribution in [0.2, 0.25) is 0 Å². The maximum Gasteiger partial charge on any atom is 0.341 e. The van der Waals surface area contributed by atoms with Gasteiger partial charge in [0.15, 0.2) is 6.61 Å². The molecule has 2 rings (SSSR count). The second-order valence-corrected chi connectivity index (χ2v) is 6.71. The predicted octanol–water partition coefficient (Wildman–Crippen LogP) is 2.99. The molecule has 0 aliphatic carbocycles. The van der Waals surface area contributed by atoms with Gasteiger partial charge in [-0.15, -0.1) is 0 Å². The molecule has 0 saturated carbocycles. The molecule has 0 aliphatic heterocycles. The number of benzene rings is 2. The summed E-state index contributed by atoms with van der Waals surface area (Å²) in [6, 6.07) is 14.5. The molecule has 2 aromatic carbocycles. The lowest BCUT2D eigenvalue weighted by molar-refractivity contribution is -0.139. The van der Waals surface area contributed by atoms with Crippen molar-refractivity contribution in [3.63, 3.8) is 0 Å². The topological polar surface area (TPSA) is 105 Å². The van der Waals surface area contributed by atoms with E-state index >= 15 is 0 Å². The molecule has 0 spiro atoms. The van der Waals surface area contributed by atoms with Crippen LogP contribution >= 0.6 is 0 Å². The highest BCUT2D eigenvalue weighted by atomic mass is 16.5. The number of amides is 2. The number of ether oxygens (including phenoxy) is 1. The summed E-state index contributed by atoms with van der Waals surface area (Å²) < 4.78 is 5.06. The fourth-order valence-corrected chi connectivity index (χ4v) is 2.53. The summed E-state index contributed by atoms with van der Waals surface area (Å²) in [7, 11) is 0. The normalized spacial score (nSPS) is 11.5. The molecule has 0 fully saturated rings. The summed E-state index contributed by atoms with van der Waals surface area (Å²) in [6.45, 7) is 3.43. The molecule has 0 saturated heterocycles. The molecule has 0 aromatic heterocycles. The van der Waals surface area contributed by atoms with Crippen molar-refractivity contribution in [2.75, 3.05) is 11.9 Å². The van der Waals surface area contributed by atoms with E-state index in [0.29, 0.717) is 23.4 Å². The molecular formula is C21H24N2O5. The van der Waals surface area contributed by atoms with E-state index in [0.717, 1.165) is 0 Å². The van der Waals surface area contributed by atoms with Gasteiger partial charge >= 0.3 is 5.97 Å². The molecule has 0 heterocycles. The molecule has 1 atom stereocenters. The molecule has 1 unspecified atom stereocenters. The Kier molecular flexibility index (Phi) is 7.56. The highest BCUT2D eigenvalue weighted by Gasteiger charge is 2.23. The first-order valence-corrected chi connectivity index (χ1v) is 8.95. The van der Waals surface area contributed by atoms with E-state index in [1.165, 1.54) is 0 Å². The van der Waals surface area contributed by atoms with E-state index in [1.807, 2.05) is 19.9 Å². The Labute approximate surface area is 163 Å². The van der Waals surface area contributed by atoms with Crippen molar-refractivity contribution >= 4 is 23.5 Å². The first-order chi connectivity index (χ1) is 13.3. The van der Waals surface area contributed by atoms with Gasteiger partial charge in [-0.05, 0) is 35.7 Å². The smallest absolute Gasteiger partial charge is 0.341 e.